The molecule has 24 heavy (non-hydrogen) atoms. The van der Waals surface area contributed by atoms with Gasteiger partial charge in [0.15, 0.2) is 0 Å². The van der Waals surface area contributed by atoms with E-state index in [1.54, 1.807) is 59.2 Å². The number of rotatable bonds is 4. The third kappa shape index (κ3) is 3.45. The van der Waals surface area contributed by atoms with Crippen molar-refractivity contribution in [1.29, 1.82) is 0 Å². The third-order valence-electron chi connectivity index (χ3n) is 3.67. The molecule has 1 aliphatic heterocycles. The highest BCUT2D eigenvalue weighted by atomic mass is 35.5. The van der Waals surface area contributed by atoms with Crippen LogP contribution in [0.1, 0.15) is 27.5 Å². The lowest BCUT2D eigenvalue weighted by Crippen LogP contribution is -2.43. The average molecular weight is 382 g/mol. The molecule has 2 unspecified atom stereocenters. The van der Waals surface area contributed by atoms with Gasteiger partial charge < -0.3 is 9.64 Å². The molecule has 2 heterocycles. The SMILES string of the molecule is CCOC(=O)C1CSC(c2cccs2)N1C(=O)c1ccc(Cl)cc1. The Hall–Kier alpha value is -1.50. The van der Waals surface area contributed by atoms with Crippen LogP contribution in [0.2, 0.25) is 5.02 Å². The molecule has 0 aliphatic carbocycles. The van der Waals surface area contributed by atoms with Gasteiger partial charge in [0.05, 0.1) is 6.61 Å². The number of carbonyl (C=O) groups is 2. The van der Waals surface area contributed by atoms with Crippen LogP contribution in [0.25, 0.3) is 0 Å². The number of halogens is 1. The number of hydrogen-bond donors (Lipinski definition) is 0. The first-order valence-electron chi connectivity index (χ1n) is 7.51. The molecular formula is C17H16ClNO3S2. The molecule has 2 aromatic rings. The van der Waals surface area contributed by atoms with Crippen LogP contribution in [0.3, 0.4) is 0 Å². The second-order valence-electron chi connectivity index (χ2n) is 5.19. The average Bonchev–Trinajstić information content (AvgIpc) is 3.24. The predicted molar refractivity (Wildman–Crippen MR) is 97.6 cm³/mol. The largest absolute Gasteiger partial charge is 0.464 e. The van der Waals surface area contributed by atoms with Crippen molar-refractivity contribution in [3.8, 4) is 0 Å². The molecule has 0 spiro atoms. The van der Waals surface area contributed by atoms with Gasteiger partial charge in [-0.3, -0.25) is 4.79 Å². The van der Waals surface area contributed by atoms with Crippen molar-refractivity contribution in [2.45, 2.75) is 18.3 Å². The van der Waals surface area contributed by atoms with E-state index in [-0.39, 0.29) is 17.3 Å². The van der Waals surface area contributed by atoms with Crippen LogP contribution in [0.4, 0.5) is 0 Å². The molecule has 7 heteroatoms. The fourth-order valence-corrected chi connectivity index (χ4v) is 5.07. The molecule has 1 aromatic heterocycles. The molecule has 0 radical (unpaired) electrons. The van der Waals surface area contributed by atoms with Crippen molar-refractivity contribution in [2.75, 3.05) is 12.4 Å². The van der Waals surface area contributed by atoms with Gasteiger partial charge in [-0.2, -0.15) is 0 Å². The van der Waals surface area contributed by atoms with Crippen LogP contribution in [0.5, 0.6) is 0 Å². The van der Waals surface area contributed by atoms with Crippen LogP contribution in [0.15, 0.2) is 41.8 Å². The molecule has 0 saturated carbocycles. The number of benzene rings is 1. The summed E-state index contributed by atoms with van der Waals surface area (Å²) in [4.78, 5) is 28.0. The van der Waals surface area contributed by atoms with Crippen molar-refractivity contribution in [3.05, 3.63) is 57.2 Å². The molecule has 3 rings (SSSR count). The molecule has 1 amide bonds. The number of carbonyl (C=O) groups excluding carboxylic acids is 2. The second-order valence-corrected chi connectivity index (χ2v) is 7.72. The minimum atomic E-state index is -0.578. The molecule has 2 atom stereocenters. The highest BCUT2D eigenvalue weighted by molar-refractivity contribution is 7.99. The van der Waals surface area contributed by atoms with Gasteiger partial charge in [-0.05, 0) is 42.6 Å². The van der Waals surface area contributed by atoms with E-state index in [1.807, 2.05) is 17.5 Å². The maximum absolute atomic E-state index is 13.0. The van der Waals surface area contributed by atoms with Crippen molar-refractivity contribution < 1.29 is 14.3 Å². The smallest absolute Gasteiger partial charge is 0.329 e. The summed E-state index contributed by atoms with van der Waals surface area (Å²) in [6.07, 6.45) is 0. The van der Waals surface area contributed by atoms with Crippen molar-refractivity contribution in [3.63, 3.8) is 0 Å². The summed E-state index contributed by atoms with van der Waals surface area (Å²) in [6.45, 7) is 2.06. The lowest BCUT2D eigenvalue weighted by Gasteiger charge is -2.27. The van der Waals surface area contributed by atoms with Crippen LogP contribution < -0.4 is 0 Å². The highest BCUT2D eigenvalue weighted by Crippen LogP contribution is 2.44. The number of hydrogen-bond acceptors (Lipinski definition) is 5. The van der Waals surface area contributed by atoms with Crippen molar-refractivity contribution >= 4 is 46.6 Å². The number of ether oxygens (including phenoxy) is 1. The van der Waals surface area contributed by atoms with E-state index >= 15 is 0 Å². The summed E-state index contributed by atoms with van der Waals surface area (Å²) < 4.78 is 5.16. The van der Waals surface area contributed by atoms with Gasteiger partial charge in [0.25, 0.3) is 5.91 Å². The van der Waals surface area contributed by atoms with E-state index in [0.29, 0.717) is 22.9 Å². The lowest BCUT2D eigenvalue weighted by atomic mass is 10.1. The quantitative estimate of drug-likeness (QED) is 0.744. The third-order valence-corrected chi connectivity index (χ3v) is 6.30. The number of thioether (sulfide) groups is 1. The maximum Gasteiger partial charge on any atom is 0.329 e. The molecule has 4 nitrogen and oxygen atoms in total. The Morgan fingerprint density at radius 1 is 1.29 bits per heavy atom. The summed E-state index contributed by atoms with van der Waals surface area (Å²) in [5.74, 6) is -0.0136. The van der Waals surface area contributed by atoms with Gasteiger partial charge in [-0.15, -0.1) is 23.1 Å². The predicted octanol–water partition coefficient (Wildman–Crippen LogP) is 4.22. The molecule has 0 bridgehead atoms. The maximum atomic E-state index is 13.0. The Balaban J connectivity index is 1.93. The normalized spacial score (nSPS) is 20.2. The molecule has 1 saturated heterocycles. The summed E-state index contributed by atoms with van der Waals surface area (Å²) in [6, 6.07) is 10.1. The zero-order chi connectivity index (χ0) is 17.1. The Labute approximate surface area is 153 Å². The molecule has 126 valence electrons. The van der Waals surface area contributed by atoms with Crippen LogP contribution in [-0.2, 0) is 9.53 Å². The van der Waals surface area contributed by atoms with Crippen molar-refractivity contribution in [1.82, 2.24) is 4.90 Å². The van der Waals surface area contributed by atoms with Gasteiger partial charge in [0.2, 0.25) is 0 Å². The summed E-state index contributed by atoms with van der Waals surface area (Å²) in [5, 5.41) is 2.36. The molecular weight excluding hydrogens is 366 g/mol. The Kier molecular flexibility index (Phi) is 5.48. The Morgan fingerprint density at radius 2 is 2.04 bits per heavy atom. The Morgan fingerprint density at radius 3 is 2.67 bits per heavy atom. The Bertz CT molecular complexity index is 718. The number of amides is 1. The first-order chi connectivity index (χ1) is 11.6. The first-order valence-corrected chi connectivity index (χ1v) is 9.82. The monoisotopic (exact) mass is 381 g/mol. The zero-order valence-corrected chi connectivity index (χ0v) is 15.4. The highest BCUT2D eigenvalue weighted by Gasteiger charge is 2.43. The minimum Gasteiger partial charge on any atom is -0.464 e. The topological polar surface area (TPSA) is 46.6 Å². The lowest BCUT2D eigenvalue weighted by molar-refractivity contribution is -0.147. The van der Waals surface area contributed by atoms with Crippen molar-refractivity contribution in [2.24, 2.45) is 0 Å². The molecule has 1 aromatic carbocycles. The van der Waals surface area contributed by atoms with E-state index in [1.165, 1.54) is 0 Å². The zero-order valence-electron chi connectivity index (χ0n) is 13.0. The summed E-state index contributed by atoms with van der Waals surface area (Å²) >= 11 is 9.07. The van der Waals surface area contributed by atoms with E-state index in [4.69, 9.17) is 16.3 Å². The van der Waals surface area contributed by atoms with Crippen LogP contribution in [-0.4, -0.2) is 35.2 Å². The first kappa shape index (κ1) is 17.3. The van der Waals surface area contributed by atoms with Gasteiger partial charge in [0.1, 0.15) is 11.4 Å². The van der Waals surface area contributed by atoms with Crippen LogP contribution >= 0.6 is 34.7 Å². The molecule has 1 fully saturated rings. The number of thiophene rings is 1. The second kappa shape index (κ2) is 7.59. The molecule has 0 N–H and O–H groups in total. The van der Waals surface area contributed by atoms with E-state index in [0.717, 1.165) is 4.88 Å². The fraction of sp³-hybridized carbons (Fsp3) is 0.294. The van der Waals surface area contributed by atoms with Crippen LogP contribution in [0, 0.1) is 0 Å². The molecule has 1 aliphatic rings. The number of esters is 1. The van der Waals surface area contributed by atoms with Gasteiger partial charge in [0, 0.05) is 21.2 Å². The van der Waals surface area contributed by atoms with Gasteiger partial charge in [-0.25, -0.2) is 4.79 Å². The number of nitrogens with zero attached hydrogens (tertiary/aromatic N) is 1. The van der Waals surface area contributed by atoms with E-state index in [9.17, 15) is 9.59 Å². The van der Waals surface area contributed by atoms with E-state index in [2.05, 4.69) is 0 Å². The minimum absolute atomic E-state index is 0.178. The van der Waals surface area contributed by atoms with Gasteiger partial charge >= 0.3 is 5.97 Å². The standard InChI is InChI=1S/C17H16ClNO3S2/c1-2-22-17(21)13-10-24-16(14-4-3-9-23-14)19(13)15(20)11-5-7-12(18)8-6-11/h3-9,13,16H,2,10H2,1H3. The summed E-state index contributed by atoms with van der Waals surface area (Å²) in [5.41, 5.74) is 0.512. The van der Waals surface area contributed by atoms with Gasteiger partial charge in [-0.1, -0.05) is 17.7 Å². The van der Waals surface area contributed by atoms with E-state index < -0.39 is 6.04 Å². The summed E-state index contributed by atoms with van der Waals surface area (Å²) in [7, 11) is 0. The fourth-order valence-electron chi connectivity index (χ4n) is 2.57.